The smallest absolute Gasteiger partial charge is 0.270 e. The van der Waals surface area contributed by atoms with Crippen LogP contribution in [-0.4, -0.2) is 31.8 Å². The first-order valence-electron chi connectivity index (χ1n) is 6.62. The van der Waals surface area contributed by atoms with Crippen molar-refractivity contribution in [1.29, 1.82) is 0 Å². The lowest BCUT2D eigenvalue weighted by Crippen LogP contribution is -2.39. The number of nitrogens with zero attached hydrogens (tertiary/aromatic N) is 1. The fraction of sp³-hybridized carbons (Fsp3) is 0.615. The third-order valence-electron chi connectivity index (χ3n) is 3.59. The lowest BCUT2D eigenvalue weighted by molar-refractivity contribution is -0.131. The van der Waals surface area contributed by atoms with E-state index in [1.807, 2.05) is 4.90 Å². The van der Waals surface area contributed by atoms with Gasteiger partial charge in [-0.05, 0) is 30.9 Å². The van der Waals surface area contributed by atoms with E-state index < -0.39 is 9.05 Å². The summed E-state index contributed by atoms with van der Waals surface area (Å²) in [4.78, 5) is 15.0. The zero-order valence-electron chi connectivity index (χ0n) is 11.5. The lowest BCUT2D eigenvalue weighted by Gasteiger charge is -2.27. The van der Waals surface area contributed by atoms with E-state index >= 15 is 0 Å². The summed E-state index contributed by atoms with van der Waals surface area (Å²) < 4.78 is 22.5. The Bertz CT molecular complexity index is 595. The molecule has 1 atom stereocenters. The Kier molecular flexibility index (Phi) is 4.76. The van der Waals surface area contributed by atoms with Crippen LogP contribution < -0.4 is 0 Å². The van der Waals surface area contributed by atoms with Crippen LogP contribution in [0, 0.1) is 5.92 Å². The van der Waals surface area contributed by atoms with Gasteiger partial charge in [-0.2, -0.15) is 0 Å². The molecule has 2 heterocycles. The minimum atomic E-state index is -3.70. The molecule has 1 fully saturated rings. The molecule has 1 unspecified atom stereocenters. The molecule has 1 aromatic rings. The zero-order valence-corrected chi connectivity index (χ0v) is 13.9. The van der Waals surface area contributed by atoms with Gasteiger partial charge in [0.15, 0.2) is 0 Å². The molecule has 1 aromatic heterocycles. The summed E-state index contributed by atoms with van der Waals surface area (Å²) in [5.41, 5.74) is 0. The second-order valence-corrected chi connectivity index (χ2v) is 9.34. The molecule has 1 aliphatic heterocycles. The molecule has 0 radical (unpaired) electrons. The molecule has 0 bridgehead atoms. The van der Waals surface area contributed by atoms with Crippen LogP contribution in [0.15, 0.2) is 16.3 Å². The maximum atomic E-state index is 12.3. The maximum Gasteiger partial charge on any atom is 0.270 e. The minimum absolute atomic E-state index is 0.0709. The summed E-state index contributed by atoms with van der Waals surface area (Å²) in [5, 5.41) is 0. The van der Waals surface area contributed by atoms with E-state index in [0.29, 0.717) is 12.0 Å². The number of carbonyl (C=O) groups excluding carboxylic acids is 1. The van der Waals surface area contributed by atoms with Crippen LogP contribution in [0.4, 0.5) is 0 Å². The summed E-state index contributed by atoms with van der Waals surface area (Å²) in [6, 6.07) is 3.43. The Hall–Kier alpha value is -0.590. The van der Waals surface area contributed by atoms with Crippen molar-refractivity contribution in [2.75, 3.05) is 6.54 Å². The van der Waals surface area contributed by atoms with Crippen molar-refractivity contribution >= 4 is 37.0 Å². The summed E-state index contributed by atoms with van der Waals surface area (Å²) >= 11 is 1.07. The fourth-order valence-electron chi connectivity index (χ4n) is 2.63. The van der Waals surface area contributed by atoms with Gasteiger partial charge in [-0.25, -0.2) is 8.42 Å². The number of likely N-dealkylation sites (tertiary alicyclic amines) is 1. The number of halogens is 1. The molecule has 4 nitrogen and oxygen atoms in total. The molecule has 2 rings (SSSR count). The number of carbonyl (C=O) groups is 1. The molecule has 0 saturated carbocycles. The molecular weight excluding hydrogens is 318 g/mol. The highest BCUT2D eigenvalue weighted by Gasteiger charge is 2.30. The van der Waals surface area contributed by atoms with E-state index in [1.54, 1.807) is 6.07 Å². The number of hydrogen-bond acceptors (Lipinski definition) is 4. The number of thiophene rings is 1. The highest BCUT2D eigenvalue weighted by molar-refractivity contribution is 8.15. The van der Waals surface area contributed by atoms with E-state index in [9.17, 15) is 13.2 Å². The predicted octanol–water partition coefficient (Wildman–Crippen LogP) is 2.87. The van der Waals surface area contributed by atoms with Crippen LogP contribution in [-0.2, 0) is 20.3 Å². The van der Waals surface area contributed by atoms with Gasteiger partial charge in [0, 0.05) is 28.1 Å². The molecule has 7 heteroatoms. The van der Waals surface area contributed by atoms with Crippen molar-refractivity contribution < 1.29 is 13.2 Å². The molecule has 20 heavy (non-hydrogen) atoms. The predicted molar refractivity (Wildman–Crippen MR) is 80.6 cm³/mol. The van der Waals surface area contributed by atoms with Crippen LogP contribution in [0.3, 0.4) is 0 Å². The van der Waals surface area contributed by atoms with E-state index in [-0.39, 0.29) is 16.5 Å². The Morgan fingerprint density at radius 1 is 1.50 bits per heavy atom. The Morgan fingerprint density at radius 2 is 2.20 bits per heavy atom. The van der Waals surface area contributed by atoms with Crippen molar-refractivity contribution in [2.24, 2.45) is 5.92 Å². The average Bonchev–Trinajstić information content (AvgIpc) is 2.95. The van der Waals surface area contributed by atoms with Crippen molar-refractivity contribution in [2.45, 2.75) is 43.4 Å². The van der Waals surface area contributed by atoms with Crippen molar-refractivity contribution in [3.8, 4) is 0 Å². The highest BCUT2D eigenvalue weighted by Crippen LogP contribution is 2.28. The van der Waals surface area contributed by atoms with Gasteiger partial charge >= 0.3 is 0 Å². The first kappa shape index (κ1) is 15.8. The minimum Gasteiger partial charge on any atom is -0.339 e. The zero-order chi connectivity index (χ0) is 14.9. The first-order chi connectivity index (χ1) is 9.29. The summed E-state index contributed by atoms with van der Waals surface area (Å²) in [5.74, 6) is 0.519. The third-order valence-corrected chi connectivity index (χ3v) is 6.77. The summed E-state index contributed by atoms with van der Waals surface area (Å²) in [6.45, 7) is 5.05. The van der Waals surface area contributed by atoms with Crippen molar-refractivity contribution in [3.63, 3.8) is 0 Å². The largest absolute Gasteiger partial charge is 0.339 e. The second-order valence-electron chi connectivity index (χ2n) is 5.38. The maximum absolute atomic E-state index is 12.3. The molecule has 0 aromatic carbocycles. The molecule has 0 N–H and O–H groups in total. The van der Waals surface area contributed by atoms with Gasteiger partial charge in [-0.1, -0.05) is 13.8 Å². The molecule has 1 aliphatic rings. The van der Waals surface area contributed by atoms with Gasteiger partial charge in [-0.15, -0.1) is 11.3 Å². The fourth-order valence-corrected chi connectivity index (χ4v) is 4.74. The Morgan fingerprint density at radius 3 is 2.75 bits per heavy atom. The van der Waals surface area contributed by atoms with Crippen LogP contribution in [0.1, 0.15) is 31.6 Å². The second kappa shape index (κ2) is 6.03. The number of amides is 1. The van der Waals surface area contributed by atoms with E-state index in [2.05, 4.69) is 13.8 Å². The highest BCUT2D eigenvalue weighted by atomic mass is 35.7. The molecule has 1 saturated heterocycles. The van der Waals surface area contributed by atoms with Gasteiger partial charge in [0.25, 0.3) is 9.05 Å². The monoisotopic (exact) mass is 335 g/mol. The van der Waals surface area contributed by atoms with Gasteiger partial charge in [0.05, 0.1) is 6.42 Å². The Labute approximate surface area is 128 Å². The van der Waals surface area contributed by atoms with Crippen LogP contribution in [0.5, 0.6) is 0 Å². The molecule has 112 valence electrons. The standard InChI is InChI=1S/C13H18ClNO3S2/c1-9(2)11-4-3-7-15(11)12(16)8-10-5-6-13(19-10)20(14,17)18/h5-6,9,11H,3-4,7-8H2,1-2H3. The summed E-state index contributed by atoms with van der Waals surface area (Å²) in [7, 11) is 1.59. The van der Waals surface area contributed by atoms with Gasteiger partial charge in [0.2, 0.25) is 5.91 Å². The van der Waals surface area contributed by atoms with E-state index in [0.717, 1.165) is 35.6 Å². The van der Waals surface area contributed by atoms with E-state index in [4.69, 9.17) is 10.7 Å². The Balaban J connectivity index is 2.06. The normalized spacial score (nSPS) is 19.8. The summed E-state index contributed by atoms with van der Waals surface area (Å²) in [6.07, 6.45) is 2.34. The quantitative estimate of drug-likeness (QED) is 0.795. The van der Waals surface area contributed by atoms with Crippen LogP contribution in [0.25, 0.3) is 0 Å². The molecule has 0 aliphatic carbocycles. The topological polar surface area (TPSA) is 54.5 Å². The van der Waals surface area contributed by atoms with Crippen LogP contribution in [0.2, 0.25) is 0 Å². The molecular formula is C13H18ClNO3S2. The van der Waals surface area contributed by atoms with Crippen molar-refractivity contribution in [1.82, 2.24) is 4.90 Å². The van der Waals surface area contributed by atoms with Crippen molar-refractivity contribution in [3.05, 3.63) is 17.0 Å². The lowest BCUT2D eigenvalue weighted by atomic mass is 10.0. The van der Waals surface area contributed by atoms with Gasteiger partial charge < -0.3 is 4.90 Å². The average molecular weight is 336 g/mol. The molecule has 1 amide bonds. The molecule has 0 spiro atoms. The van der Waals surface area contributed by atoms with Gasteiger partial charge in [0.1, 0.15) is 4.21 Å². The SMILES string of the molecule is CC(C)C1CCCN1C(=O)Cc1ccc(S(=O)(=O)Cl)s1. The van der Waals surface area contributed by atoms with Gasteiger partial charge in [-0.3, -0.25) is 4.79 Å². The third kappa shape index (κ3) is 3.54. The number of rotatable bonds is 4. The van der Waals surface area contributed by atoms with E-state index in [1.165, 1.54) is 6.07 Å². The number of hydrogen-bond donors (Lipinski definition) is 0. The first-order valence-corrected chi connectivity index (χ1v) is 9.74. The van der Waals surface area contributed by atoms with Crippen LogP contribution >= 0.6 is 22.0 Å².